The molecule has 128 valence electrons. The van der Waals surface area contributed by atoms with Gasteiger partial charge in [-0.2, -0.15) is 0 Å². The third-order valence-corrected chi connectivity index (χ3v) is 5.09. The normalized spacial score (nSPS) is 16.2. The first-order valence-electron chi connectivity index (χ1n) is 8.22. The molecular weight excluding hydrogens is 324 g/mol. The fraction of sp³-hybridized carbons (Fsp3) is 0.471. The van der Waals surface area contributed by atoms with Crippen molar-refractivity contribution >= 4 is 17.7 Å². The zero-order valence-corrected chi connectivity index (χ0v) is 14.8. The minimum atomic E-state index is -0.193. The lowest BCUT2D eigenvalue weighted by Gasteiger charge is -2.28. The fourth-order valence-corrected chi connectivity index (χ4v) is 3.71. The van der Waals surface area contributed by atoms with Crippen molar-refractivity contribution in [1.29, 1.82) is 0 Å². The van der Waals surface area contributed by atoms with E-state index in [1.165, 1.54) is 11.8 Å². The van der Waals surface area contributed by atoms with E-state index in [1.54, 1.807) is 0 Å². The van der Waals surface area contributed by atoms with Crippen LogP contribution in [0.3, 0.4) is 0 Å². The molecule has 1 fully saturated rings. The SMILES string of the molecule is CCn1c(S[C@@H](C)C(=O)N2CCOCC2)nnc1-c1ccccc1. The quantitative estimate of drug-likeness (QED) is 0.778. The zero-order valence-electron chi connectivity index (χ0n) is 14.0. The van der Waals surface area contributed by atoms with Crippen molar-refractivity contribution in [2.45, 2.75) is 30.8 Å². The average Bonchev–Trinajstić information content (AvgIpc) is 3.05. The van der Waals surface area contributed by atoms with Crippen molar-refractivity contribution in [3.05, 3.63) is 30.3 Å². The number of nitrogens with zero attached hydrogens (tertiary/aromatic N) is 4. The van der Waals surface area contributed by atoms with Crippen LogP contribution in [-0.2, 0) is 16.1 Å². The molecule has 1 saturated heterocycles. The van der Waals surface area contributed by atoms with Crippen LogP contribution >= 0.6 is 11.8 Å². The van der Waals surface area contributed by atoms with Gasteiger partial charge in [-0.05, 0) is 13.8 Å². The van der Waals surface area contributed by atoms with Crippen LogP contribution in [0.5, 0.6) is 0 Å². The molecule has 1 aliphatic heterocycles. The Balaban J connectivity index is 1.75. The fourth-order valence-electron chi connectivity index (χ4n) is 2.71. The van der Waals surface area contributed by atoms with Gasteiger partial charge in [0.05, 0.1) is 18.5 Å². The van der Waals surface area contributed by atoms with E-state index in [2.05, 4.69) is 21.7 Å². The van der Waals surface area contributed by atoms with Gasteiger partial charge in [-0.25, -0.2) is 0 Å². The van der Waals surface area contributed by atoms with Crippen molar-refractivity contribution < 1.29 is 9.53 Å². The molecule has 3 rings (SSSR count). The van der Waals surface area contributed by atoms with Crippen LogP contribution in [0.1, 0.15) is 13.8 Å². The summed E-state index contributed by atoms with van der Waals surface area (Å²) in [7, 11) is 0. The highest BCUT2D eigenvalue weighted by Gasteiger charge is 2.25. The van der Waals surface area contributed by atoms with E-state index in [0.717, 1.165) is 23.1 Å². The predicted octanol–water partition coefficient (Wildman–Crippen LogP) is 2.30. The van der Waals surface area contributed by atoms with Gasteiger partial charge in [0, 0.05) is 25.2 Å². The molecule has 0 saturated carbocycles. The van der Waals surface area contributed by atoms with Gasteiger partial charge in [0.25, 0.3) is 0 Å². The lowest BCUT2D eigenvalue weighted by Crippen LogP contribution is -2.44. The van der Waals surface area contributed by atoms with Crippen LogP contribution in [0, 0.1) is 0 Å². The largest absolute Gasteiger partial charge is 0.378 e. The number of carbonyl (C=O) groups excluding carboxylic acids is 1. The van der Waals surface area contributed by atoms with E-state index in [1.807, 2.05) is 42.2 Å². The summed E-state index contributed by atoms with van der Waals surface area (Å²) in [6.45, 7) is 7.32. The van der Waals surface area contributed by atoms with Gasteiger partial charge >= 0.3 is 0 Å². The number of carbonyl (C=O) groups is 1. The Kier molecular flexibility index (Phi) is 5.52. The Morgan fingerprint density at radius 3 is 2.62 bits per heavy atom. The number of hydrogen-bond acceptors (Lipinski definition) is 5. The van der Waals surface area contributed by atoms with Crippen LogP contribution in [0.4, 0.5) is 0 Å². The maximum absolute atomic E-state index is 12.6. The van der Waals surface area contributed by atoms with E-state index in [9.17, 15) is 4.79 Å². The molecule has 1 atom stereocenters. The lowest BCUT2D eigenvalue weighted by molar-refractivity contribution is -0.134. The van der Waals surface area contributed by atoms with Crippen molar-refractivity contribution in [3.63, 3.8) is 0 Å². The van der Waals surface area contributed by atoms with Crippen LogP contribution in [0.25, 0.3) is 11.4 Å². The predicted molar refractivity (Wildman–Crippen MR) is 93.9 cm³/mol. The minimum Gasteiger partial charge on any atom is -0.378 e. The molecule has 2 aromatic rings. The molecule has 0 N–H and O–H groups in total. The summed E-state index contributed by atoms with van der Waals surface area (Å²) >= 11 is 1.47. The first-order valence-corrected chi connectivity index (χ1v) is 9.10. The van der Waals surface area contributed by atoms with Crippen molar-refractivity contribution in [3.8, 4) is 11.4 Å². The maximum atomic E-state index is 12.6. The molecule has 24 heavy (non-hydrogen) atoms. The topological polar surface area (TPSA) is 60.2 Å². The molecule has 1 aromatic heterocycles. The second-order valence-corrected chi connectivity index (χ2v) is 6.92. The lowest BCUT2D eigenvalue weighted by atomic mass is 10.2. The van der Waals surface area contributed by atoms with Gasteiger partial charge in [-0.15, -0.1) is 10.2 Å². The van der Waals surface area contributed by atoms with E-state index in [-0.39, 0.29) is 11.2 Å². The second kappa shape index (κ2) is 7.81. The summed E-state index contributed by atoms with van der Waals surface area (Å²) < 4.78 is 7.37. The monoisotopic (exact) mass is 346 g/mol. The molecule has 7 heteroatoms. The maximum Gasteiger partial charge on any atom is 0.236 e. The van der Waals surface area contributed by atoms with Crippen LogP contribution < -0.4 is 0 Å². The van der Waals surface area contributed by atoms with Gasteiger partial charge in [0.1, 0.15) is 0 Å². The highest BCUT2D eigenvalue weighted by Crippen LogP contribution is 2.27. The Morgan fingerprint density at radius 1 is 1.25 bits per heavy atom. The molecular formula is C17H22N4O2S. The van der Waals surface area contributed by atoms with E-state index in [4.69, 9.17) is 4.74 Å². The molecule has 2 heterocycles. The Bertz CT molecular complexity index is 683. The third-order valence-electron chi connectivity index (χ3n) is 4.02. The Labute approximate surface area is 146 Å². The highest BCUT2D eigenvalue weighted by atomic mass is 32.2. The molecule has 0 radical (unpaired) electrons. The smallest absolute Gasteiger partial charge is 0.236 e. The van der Waals surface area contributed by atoms with Gasteiger partial charge in [0.2, 0.25) is 5.91 Å². The van der Waals surface area contributed by atoms with Gasteiger partial charge in [-0.3, -0.25) is 4.79 Å². The van der Waals surface area contributed by atoms with Crippen molar-refractivity contribution in [2.75, 3.05) is 26.3 Å². The Hall–Kier alpha value is -1.86. The van der Waals surface area contributed by atoms with Gasteiger partial charge in [0.15, 0.2) is 11.0 Å². The van der Waals surface area contributed by atoms with E-state index < -0.39 is 0 Å². The number of ether oxygens (including phenoxy) is 1. The van der Waals surface area contributed by atoms with E-state index in [0.29, 0.717) is 26.3 Å². The molecule has 0 unspecified atom stereocenters. The summed E-state index contributed by atoms with van der Waals surface area (Å²) in [6.07, 6.45) is 0. The minimum absolute atomic E-state index is 0.134. The Morgan fingerprint density at radius 2 is 1.96 bits per heavy atom. The number of aromatic nitrogens is 3. The highest BCUT2D eigenvalue weighted by molar-refractivity contribution is 8.00. The number of rotatable bonds is 5. The molecule has 0 bridgehead atoms. The summed E-state index contributed by atoms with van der Waals surface area (Å²) in [5, 5.41) is 9.23. The standard InChI is InChI=1S/C17H22N4O2S/c1-3-21-15(14-7-5-4-6-8-14)18-19-17(21)24-13(2)16(22)20-9-11-23-12-10-20/h4-8,13H,3,9-12H2,1-2H3/t13-/m0/s1. The van der Waals surface area contributed by atoms with E-state index >= 15 is 0 Å². The first kappa shape index (κ1) is 17.0. The number of thioether (sulfide) groups is 1. The average molecular weight is 346 g/mol. The zero-order chi connectivity index (χ0) is 16.9. The van der Waals surface area contributed by atoms with Crippen molar-refractivity contribution in [1.82, 2.24) is 19.7 Å². The van der Waals surface area contributed by atoms with Gasteiger partial charge < -0.3 is 14.2 Å². The molecule has 1 amide bonds. The van der Waals surface area contributed by atoms with Crippen LogP contribution in [0.15, 0.2) is 35.5 Å². The molecule has 0 spiro atoms. The summed E-state index contributed by atoms with van der Waals surface area (Å²) in [5.41, 5.74) is 1.03. The first-order chi connectivity index (χ1) is 11.7. The molecule has 0 aliphatic carbocycles. The number of amides is 1. The second-order valence-electron chi connectivity index (χ2n) is 5.61. The molecule has 6 nitrogen and oxygen atoms in total. The summed E-state index contributed by atoms with van der Waals surface area (Å²) in [4.78, 5) is 14.4. The molecule has 1 aromatic carbocycles. The molecule has 1 aliphatic rings. The van der Waals surface area contributed by atoms with Crippen LogP contribution in [-0.4, -0.2) is 57.1 Å². The van der Waals surface area contributed by atoms with Gasteiger partial charge in [-0.1, -0.05) is 42.1 Å². The summed E-state index contributed by atoms with van der Waals surface area (Å²) in [6, 6.07) is 10.00. The number of hydrogen-bond donors (Lipinski definition) is 0. The van der Waals surface area contributed by atoms with Crippen LogP contribution in [0.2, 0.25) is 0 Å². The summed E-state index contributed by atoms with van der Waals surface area (Å²) in [5.74, 6) is 0.974. The third kappa shape index (κ3) is 3.62. The number of benzene rings is 1. The van der Waals surface area contributed by atoms with Crippen molar-refractivity contribution in [2.24, 2.45) is 0 Å². The number of morpholine rings is 1.